The fraction of sp³-hybridized carbons (Fsp3) is 0.250. The second-order valence-corrected chi connectivity index (χ2v) is 3.71. The number of carbonyl (C=O) groups is 1. The Morgan fingerprint density at radius 3 is 3.00 bits per heavy atom. The molecule has 0 unspecified atom stereocenters. The molecule has 0 bridgehead atoms. The van der Waals surface area contributed by atoms with Crippen molar-refractivity contribution >= 4 is 5.91 Å². The summed E-state index contributed by atoms with van der Waals surface area (Å²) < 4.78 is 1.69. The number of amides is 1. The number of aromatic nitrogens is 3. The fourth-order valence-corrected chi connectivity index (χ4v) is 1.50. The van der Waals surface area contributed by atoms with E-state index in [1.54, 1.807) is 29.2 Å². The molecule has 18 heavy (non-hydrogen) atoms. The molecule has 6 nitrogen and oxygen atoms in total. The van der Waals surface area contributed by atoms with Crippen molar-refractivity contribution in [2.45, 2.75) is 0 Å². The van der Waals surface area contributed by atoms with Crippen molar-refractivity contribution in [1.29, 1.82) is 0 Å². The van der Waals surface area contributed by atoms with Crippen molar-refractivity contribution in [3.8, 4) is 5.69 Å². The molecule has 2 aromatic rings. The van der Waals surface area contributed by atoms with E-state index >= 15 is 0 Å². The van der Waals surface area contributed by atoms with Gasteiger partial charge in [-0.25, -0.2) is 4.68 Å². The maximum atomic E-state index is 11.8. The highest BCUT2D eigenvalue weighted by molar-refractivity contribution is 5.92. The van der Waals surface area contributed by atoms with E-state index < -0.39 is 0 Å². The Morgan fingerprint density at radius 1 is 1.39 bits per heavy atom. The molecule has 0 saturated heterocycles. The molecule has 94 valence electrons. The molecule has 2 N–H and O–H groups in total. The number of likely N-dealkylation sites (N-methyl/N-ethyl adjacent to an activating group) is 1. The lowest BCUT2D eigenvalue weighted by molar-refractivity contribution is 0.0949. The molecule has 0 fully saturated rings. The van der Waals surface area contributed by atoms with E-state index in [0.717, 1.165) is 12.2 Å². The maximum absolute atomic E-state index is 11.8. The topological polar surface area (TPSA) is 71.8 Å². The molecule has 0 saturated carbocycles. The SMILES string of the molecule is CNCCNC(=O)c1cc(-n2cccn2)ccn1. The number of pyridine rings is 1. The highest BCUT2D eigenvalue weighted by Crippen LogP contribution is 2.06. The third-order valence-corrected chi connectivity index (χ3v) is 2.41. The summed E-state index contributed by atoms with van der Waals surface area (Å²) in [7, 11) is 1.84. The van der Waals surface area contributed by atoms with Gasteiger partial charge in [0.05, 0.1) is 5.69 Å². The van der Waals surface area contributed by atoms with Crippen LogP contribution in [0.5, 0.6) is 0 Å². The third-order valence-electron chi connectivity index (χ3n) is 2.41. The van der Waals surface area contributed by atoms with Crippen molar-refractivity contribution in [1.82, 2.24) is 25.4 Å². The molecule has 0 aromatic carbocycles. The van der Waals surface area contributed by atoms with Gasteiger partial charge in [-0.05, 0) is 25.2 Å². The van der Waals surface area contributed by atoms with Crippen molar-refractivity contribution in [3.63, 3.8) is 0 Å². The van der Waals surface area contributed by atoms with Crippen molar-refractivity contribution in [2.24, 2.45) is 0 Å². The molecule has 0 radical (unpaired) electrons. The second kappa shape index (κ2) is 5.92. The minimum atomic E-state index is -0.181. The molecule has 2 aromatic heterocycles. The summed E-state index contributed by atoms with van der Waals surface area (Å²) in [6, 6.07) is 5.34. The number of nitrogens with zero attached hydrogens (tertiary/aromatic N) is 3. The van der Waals surface area contributed by atoms with Crippen LogP contribution in [0.4, 0.5) is 0 Å². The Bertz CT molecular complexity index is 509. The van der Waals surface area contributed by atoms with Crippen LogP contribution in [0.2, 0.25) is 0 Å². The van der Waals surface area contributed by atoms with Gasteiger partial charge in [-0.3, -0.25) is 9.78 Å². The molecule has 2 rings (SSSR count). The Labute approximate surface area is 105 Å². The smallest absolute Gasteiger partial charge is 0.269 e. The average Bonchev–Trinajstić information content (AvgIpc) is 2.93. The normalized spacial score (nSPS) is 10.3. The number of rotatable bonds is 5. The maximum Gasteiger partial charge on any atom is 0.269 e. The van der Waals surface area contributed by atoms with Crippen LogP contribution in [0.25, 0.3) is 5.69 Å². The summed E-state index contributed by atoms with van der Waals surface area (Å²) in [5.41, 5.74) is 1.20. The molecule has 0 aliphatic rings. The summed E-state index contributed by atoms with van der Waals surface area (Å²) in [4.78, 5) is 15.9. The van der Waals surface area contributed by atoms with E-state index in [2.05, 4.69) is 20.7 Å². The Kier molecular flexibility index (Phi) is 4.03. The first kappa shape index (κ1) is 12.3. The largest absolute Gasteiger partial charge is 0.349 e. The number of carbonyl (C=O) groups excluding carboxylic acids is 1. The van der Waals surface area contributed by atoms with Crippen LogP contribution in [0.1, 0.15) is 10.5 Å². The molecule has 0 aliphatic carbocycles. The Balaban J connectivity index is 2.10. The molecule has 1 amide bonds. The highest BCUT2D eigenvalue weighted by atomic mass is 16.1. The van der Waals surface area contributed by atoms with E-state index in [-0.39, 0.29) is 5.91 Å². The van der Waals surface area contributed by atoms with Crippen LogP contribution in [0.3, 0.4) is 0 Å². The number of nitrogens with one attached hydrogen (secondary N) is 2. The Hall–Kier alpha value is -2.21. The van der Waals surface area contributed by atoms with Crippen molar-refractivity contribution < 1.29 is 4.79 Å². The van der Waals surface area contributed by atoms with Crippen molar-refractivity contribution in [2.75, 3.05) is 20.1 Å². The molecule has 2 heterocycles. The van der Waals surface area contributed by atoms with Gasteiger partial charge in [0, 0.05) is 31.7 Å². The van der Waals surface area contributed by atoms with Crippen LogP contribution in [-0.2, 0) is 0 Å². The first-order valence-electron chi connectivity index (χ1n) is 5.70. The van der Waals surface area contributed by atoms with E-state index in [0.29, 0.717) is 12.2 Å². The first-order valence-corrected chi connectivity index (χ1v) is 5.70. The van der Waals surface area contributed by atoms with E-state index in [1.807, 2.05) is 19.3 Å². The quantitative estimate of drug-likeness (QED) is 0.739. The summed E-state index contributed by atoms with van der Waals surface area (Å²) in [6.45, 7) is 1.30. The van der Waals surface area contributed by atoms with E-state index in [1.165, 1.54) is 0 Å². The molecular formula is C12H15N5O. The molecule has 6 heteroatoms. The fourth-order valence-electron chi connectivity index (χ4n) is 1.50. The minimum Gasteiger partial charge on any atom is -0.349 e. The van der Waals surface area contributed by atoms with Crippen LogP contribution in [-0.4, -0.2) is 40.8 Å². The lowest BCUT2D eigenvalue weighted by atomic mass is 10.3. The zero-order valence-corrected chi connectivity index (χ0v) is 10.1. The van der Waals surface area contributed by atoms with Gasteiger partial charge < -0.3 is 10.6 Å². The van der Waals surface area contributed by atoms with Gasteiger partial charge in [0.15, 0.2) is 0 Å². The average molecular weight is 245 g/mol. The molecule has 0 aliphatic heterocycles. The predicted molar refractivity (Wildman–Crippen MR) is 67.6 cm³/mol. The third kappa shape index (κ3) is 2.92. The van der Waals surface area contributed by atoms with Crippen LogP contribution < -0.4 is 10.6 Å². The standard InChI is InChI=1S/C12H15N5O/c1-13-6-7-15-12(18)11-9-10(3-5-14-11)17-8-2-4-16-17/h2-5,8-9,13H,6-7H2,1H3,(H,15,18). The van der Waals surface area contributed by atoms with Crippen LogP contribution in [0.15, 0.2) is 36.8 Å². The van der Waals surface area contributed by atoms with Gasteiger partial charge in [0.25, 0.3) is 5.91 Å². The lowest BCUT2D eigenvalue weighted by Gasteiger charge is -2.06. The van der Waals surface area contributed by atoms with Gasteiger partial charge in [-0.1, -0.05) is 0 Å². The van der Waals surface area contributed by atoms with Gasteiger partial charge in [-0.2, -0.15) is 5.10 Å². The van der Waals surface area contributed by atoms with E-state index in [9.17, 15) is 4.79 Å². The van der Waals surface area contributed by atoms with Crippen LogP contribution in [0, 0.1) is 0 Å². The van der Waals surface area contributed by atoms with Gasteiger partial charge in [-0.15, -0.1) is 0 Å². The summed E-state index contributed by atoms with van der Waals surface area (Å²) in [5.74, 6) is -0.181. The minimum absolute atomic E-state index is 0.181. The zero-order valence-electron chi connectivity index (χ0n) is 10.1. The monoisotopic (exact) mass is 245 g/mol. The number of hydrogen-bond donors (Lipinski definition) is 2. The molecular weight excluding hydrogens is 230 g/mol. The van der Waals surface area contributed by atoms with Crippen molar-refractivity contribution in [3.05, 3.63) is 42.5 Å². The highest BCUT2D eigenvalue weighted by Gasteiger charge is 2.07. The summed E-state index contributed by atoms with van der Waals surface area (Å²) in [6.07, 6.45) is 5.11. The van der Waals surface area contributed by atoms with Gasteiger partial charge >= 0.3 is 0 Å². The number of hydrogen-bond acceptors (Lipinski definition) is 4. The van der Waals surface area contributed by atoms with Crippen LogP contribution >= 0.6 is 0 Å². The lowest BCUT2D eigenvalue weighted by Crippen LogP contribution is -2.31. The van der Waals surface area contributed by atoms with E-state index in [4.69, 9.17) is 0 Å². The summed E-state index contributed by atoms with van der Waals surface area (Å²) in [5, 5.41) is 9.85. The summed E-state index contributed by atoms with van der Waals surface area (Å²) >= 11 is 0. The second-order valence-electron chi connectivity index (χ2n) is 3.71. The molecule has 0 spiro atoms. The zero-order chi connectivity index (χ0) is 12.8. The molecule has 0 atom stereocenters. The first-order chi connectivity index (χ1) is 8.81. The Morgan fingerprint density at radius 2 is 2.28 bits per heavy atom. The predicted octanol–water partition coefficient (Wildman–Crippen LogP) is 0.216. The van der Waals surface area contributed by atoms with Gasteiger partial charge in [0.1, 0.15) is 5.69 Å². The van der Waals surface area contributed by atoms with Gasteiger partial charge in [0.2, 0.25) is 0 Å².